The van der Waals surface area contributed by atoms with Crippen molar-refractivity contribution in [2.24, 2.45) is 11.8 Å². The molecule has 3 N–H and O–H groups in total. The first-order chi connectivity index (χ1) is 11.7. The van der Waals surface area contributed by atoms with E-state index in [0.717, 1.165) is 12.8 Å². The molecule has 1 aromatic carbocycles. The number of hydrogen-bond acceptors (Lipinski definition) is 4. The number of benzene rings is 1. The van der Waals surface area contributed by atoms with E-state index >= 15 is 0 Å². The van der Waals surface area contributed by atoms with Crippen LogP contribution in [0.4, 0.5) is 5.69 Å². The fourth-order valence-electron chi connectivity index (χ4n) is 3.07. The third-order valence-electron chi connectivity index (χ3n) is 4.24. The lowest BCUT2D eigenvalue weighted by atomic mass is 9.78. The number of sulfonamides is 1. The predicted octanol–water partition coefficient (Wildman–Crippen LogP) is 2.20. The second-order valence-electron chi connectivity index (χ2n) is 6.63. The molecule has 0 aliphatic heterocycles. The Hall–Kier alpha value is -1.93. The van der Waals surface area contributed by atoms with E-state index in [4.69, 9.17) is 0 Å². The van der Waals surface area contributed by atoms with Crippen LogP contribution in [0.5, 0.6) is 0 Å². The number of carbonyl (C=O) groups is 2. The lowest BCUT2D eigenvalue weighted by molar-refractivity contribution is -0.147. The first-order valence-corrected chi connectivity index (χ1v) is 9.85. The summed E-state index contributed by atoms with van der Waals surface area (Å²) in [6, 6.07) is 5.62. The second kappa shape index (κ2) is 7.97. The Morgan fingerprint density at radius 3 is 2.16 bits per heavy atom. The molecular weight excluding hydrogens is 344 g/mol. The van der Waals surface area contributed by atoms with E-state index in [-0.39, 0.29) is 16.8 Å². The molecule has 0 bridgehead atoms. The molecule has 7 nitrogen and oxygen atoms in total. The van der Waals surface area contributed by atoms with E-state index in [2.05, 4.69) is 10.0 Å². The number of carboxylic acid groups (broad SMARTS) is 1. The number of carbonyl (C=O) groups excluding carboxylic acids is 1. The zero-order valence-electron chi connectivity index (χ0n) is 14.4. The van der Waals surface area contributed by atoms with Crippen molar-refractivity contribution in [3.8, 4) is 0 Å². The van der Waals surface area contributed by atoms with Crippen LogP contribution in [0.1, 0.15) is 39.5 Å². The Morgan fingerprint density at radius 2 is 1.64 bits per heavy atom. The molecule has 1 fully saturated rings. The first-order valence-electron chi connectivity index (χ1n) is 8.37. The van der Waals surface area contributed by atoms with Gasteiger partial charge in [-0.2, -0.15) is 0 Å². The van der Waals surface area contributed by atoms with Gasteiger partial charge in [0.15, 0.2) is 0 Å². The molecule has 1 amide bonds. The number of anilines is 1. The summed E-state index contributed by atoms with van der Waals surface area (Å²) in [7, 11) is -3.59. The standard InChI is InChI=1S/C17H24N2O5S/c1-11(2)19-25(23,24)13-9-7-12(8-10-13)18-16(20)14-5-3-4-6-15(14)17(21)22/h7-11,14-15,19H,3-6H2,1-2H3,(H,18,20)(H,21,22)/t14-,15+/m0/s1. The van der Waals surface area contributed by atoms with Crippen molar-refractivity contribution in [2.75, 3.05) is 5.32 Å². The highest BCUT2D eigenvalue weighted by molar-refractivity contribution is 7.89. The van der Waals surface area contributed by atoms with E-state index in [1.807, 2.05) is 0 Å². The zero-order chi connectivity index (χ0) is 18.6. The lowest BCUT2D eigenvalue weighted by Gasteiger charge is -2.27. The predicted molar refractivity (Wildman–Crippen MR) is 93.6 cm³/mol. The molecule has 2 atom stereocenters. The molecule has 8 heteroatoms. The van der Waals surface area contributed by atoms with Gasteiger partial charge in [-0.25, -0.2) is 13.1 Å². The Morgan fingerprint density at radius 1 is 1.08 bits per heavy atom. The van der Waals surface area contributed by atoms with Crippen LogP contribution in [0.25, 0.3) is 0 Å². The molecule has 1 aromatic rings. The molecule has 0 spiro atoms. The van der Waals surface area contributed by atoms with Crippen LogP contribution in [0.3, 0.4) is 0 Å². The Labute approximate surface area is 147 Å². The number of aliphatic carboxylic acids is 1. The van der Waals surface area contributed by atoms with Gasteiger partial charge in [0.25, 0.3) is 0 Å². The average molecular weight is 368 g/mol. The lowest BCUT2D eigenvalue weighted by Crippen LogP contribution is -2.36. The fraction of sp³-hybridized carbons (Fsp3) is 0.529. The summed E-state index contributed by atoms with van der Waals surface area (Å²) in [5, 5.41) is 12.0. The fourth-order valence-corrected chi connectivity index (χ4v) is 4.32. The summed E-state index contributed by atoms with van der Waals surface area (Å²) in [5.74, 6) is -2.50. The van der Waals surface area contributed by atoms with Crippen molar-refractivity contribution in [1.29, 1.82) is 0 Å². The molecule has 2 rings (SSSR count). The van der Waals surface area contributed by atoms with Crippen molar-refractivity contribution in [3.63, 3.8) is 0 Å². The number of rotatable bonds is 6. The molecular formula is C17H24N2O5S. The van der Waals surface area contributed by atoms with Crippen LogP contribution in [0.15, 0.2) is 29.2 Å². The first kappa shape index (κ1) is 19.4. The highest BCUT2D eigenvalue weighted by Crippen LogP contribution is 2.31. The van der Waals surface area contributed by atoms with Crippen LogP contribution < -0.4 is 10.0 Å². The molecule has 1 aliphatic carbocycles. The summed E-state index contributed by atoms with van der Waals surface area (Å²) < 4.78 is 26.6. The topological polar surface area (TPSA) is 113 Å². The summed E-state index contributed by atoms with van der Waals surface area (Å²) in [6.07, 6.45) is 2.70. The Balaban J connectivity index is 2.08. The maximum absolute atomic E-state index is 12.4. The third-order valence-corrected chi connectivity index (χ3v) is 5.92. The van der Waals surface area contributed by atoms with Crippen LogP contribution in [0.2, 0.25) is 0 Å². The SMILES string of the molecule is CC(C)NS(=O)(=O)c1ccc(NC(=O)[C@H]2CCCC[C@H]2C(=O)O)cc1. The van der Waals surface area contributed by atoms with Gasteiger partial charge in [0, 0.05) is 11.7 Å². The molecule has 138 valence electrons. The van der Waals surface area contributed by atoms with Crippen molar-refractivity contribution in [2.45, 2.75) is 50.5 Å². The number of amides is 1. The number of hydrogen-bond donors (Lipinski definition) is 3. The van der Waals surface area contributed by atoms with E-state index in [1.54, 1.807) is 13.8 Å². The highest BCUT2D eigenvalue weighted by Gasteiger charge is 2.35. The van der Waals surface area contributed by atoms with Crippen molar-refractivity contribution in [1.82, 2.24) is 4.72 Å². The molecule has 0 saturated heterocycles. The van der Waals surface area contributed by atoms with Crippen LogP contribution in [-0.2, 0) is 19.6 Å². The van der Waals surface area contributed by atoms with Crippen molar-refractivity contribution >= 4 is 27.6 Å². The van der Waals surface area contributed by atoms with E-state index < -0.39 is 27.8 Å². The smallest absolute Gasteiger partial charge is 0.307 e. The van der Waals surface area contributed by atoms with Crippen LogP contribution in [-0.4, -0.2) is 31.4 Å². The van der Waals surface area contributed by atoms with Gasteiger partial charge in [-0.15, -0.1) is 0 Å². The van der Waals surface area contributed by atoms with Crippen molar-refractivity contribution < 1.29 is 23.1 Å². The average Bonchev–Trinajstić information content (AvgIpc) is 2.54. The molecule has 0 unspecified atom stereocenters. The maximum Gasteiger partial charge on any atom is 0.307 e. The molecule has 0 radical (unpaired) electrons. The quantitative estimate of drug-likeness (QED) is 0.712. The molecule has 0 heterocycles. The third kappa shape index (κ3) is 5.02. The molecule has 0 aromatic heterocycles. The minimum atomic E-state index is -3.59. The van der Waals surface area contributed by atoms with E-state index in [0.29, 0.717) is 18.5 Å². The van der Waals surface area contributed by atoms with Gasteiger partial charge in [0.05, 0.1) is 16.7 Å². The summed E-state index contributed by atoms with van der Waals surface area (Å²) >= 11 is 0. The van der Waals surface area contributed by atoms with Crippen LogP contribution >= 0.6 is 0 Å². The number of carboxylic acids is 1. The summed E-state index contributed by atoms with van der Waals surface area (Å²) in [6.45, 7) is 3.46. The highest BCUT2D eigenvalue weighted by atomic mass is 32.2. The molecule has 1 saturated carbocycles. The van der Waals surface area contributed by atoms with E-state index in [1.165, 1.54) is 24.3 Å². The summed E-state index contributed by atoms with van der Waals surface area (Å²) in [4.78, 5) is 23.8. The molecule has 25 heavy (non-hydrogen) atoms. The van der Waals surface area contributed by atoms with Gasteiger partial charge in [0.1, 0.15) is 0 Å². The minimum absolute atomic E-state index is 0.111. The minimum Gasteiger partial charge on any atom is -0.481 e. The van der Waals surface area contributed by atoms with Gasteiger partial charge in [0.2, 0.25) is 15.9 Å². The monoisotopic (exact) mass is 368 g/mol. The normalized spacial score (nSPS) is 21.1. The largest absolute Gasteiger partial charge is 0.481 e. The van der Waals surface area contributed by atoms with Gasteiger partial charge in [-0.05, 0) is 51.0 Å². The van der Waals surface area contributed by atoms with Crippen molar-refractivity contribution in [3.05, 3.63) is 24.3 Å². The van der Waals surface area contributed by atoms with Gasteiger partial charge >= 0.3 is 5.97 Å². The zero-order valence-corrected chi connectivity index (χ0v) is 15.2. The Kier molecular flexibility index (Phi) is 6.18. The summed E-state index contributed by atoms with van der Waals surface area (Å²) in [5.41, 5.74) is 0.447. The van der Waals surface area contributed by atoms with Gasteiger partial charge < -0.3 is 10.4 Å². The van der Waals surface area contributed by atoms with Crippen LogP contribution in [0, 0.1) is 11.8 Å². The van der Waals surface area contributed by atoms with Gasteiger partial charge in [-0.1, -0.05) is 12.8 Å². The Bertz CT molecular complexity index is 728. The maximum atomic E-state index is 12.4. The van der Waals surface area contributed by atoms with E-state index in [9.17, 15) is 23.1 Å². The molecule has 1 aliphatic rings. The second-order valence-corrected chi connectivity index (χ2v) is 8.34. The number of nitrogens with one attached hydrogen (secondary N) is 2. The van der Waals surface area contributed by atoms with Gasteiger partial charge in [-0.3, -0.25) is 9.59 Å².